The lowest BCUT2D eigenvalue weighted by molar-refractivity contribution is 1.04. The summed E-state index contributed by atoms with van der Waals surface area (Å²) in [7, 11) is 0. The Balaban J connectivity index is 2.36. The minimum atomic E-state index is -0.130. The molecule has 0 saturated heterocycles. The highest BCUT2D eigenvalue weighted by Gasteiger charge is 2.04. The Morgan fingerprint density at radius 3 is 3.06 bits per heavy atom. The minimum absolute atomic E-state index is 0.130. The SMILES string of the molecule is NCCSCc1nc2cc(Cl)ccc2c(=O)[nH]1. The van der Waals surface area contributed by atoms with Crippen LogP contribution in [0.25, 0.3) is 10.9 Å². The summed E-state index contributed by atoms with van der Waals surface area (Å²) in [5.41, 5.74) is 5.90. The lowest BCUT2D eigenvalue weighted by Gasteiger charge is -2.02. The molecule has 0 unspecified atom stereocenters. The Hall–Kier alpha value is -1.04. The predicted octanol–water partition coefficient (Wildman–Crippen LogP) is 1.77. The van der Waals surface area contributed by atoms with E-state index in [1.165, 1.54) is 0 Å². The quantitative estimate of drug-likeness (QED) is 0.830. The topological polar surface area (TPSA) is 71.8 Å². The first-order chi connectivity index (χ1) is 8.20. The Morgan fingerprint density at radius 1 is 1.47 bits per heavy atom. The first kappa shape index (κ1) is 12.4. The van der Waals surface area contributed by atoms with E-state index in [2.05, 4.69) is 9.97 Å². The number of fused-ring (bicyclic) bond motifs is 1. The van der Waals surface area contributed by atoms with Crippen LogP contribution in [0.4, 0.5) is 0 Å². The van der Waals surface area contributed by atoms with E-state index in [-0.39, 0.29) is 5.56 Å². The van der Waals surface area contributed by atoms with Gasteiger partial charge in [0.1, 0.15) is 5.82 Å². The van der Waals surface area contributed by atoms with Gasteiger partial charge in [-0.15, -0.1) is 0 Å². The molecule has 17 heavy (non-hydrogen) atoms. The van der Waals surface area contributed by atoms with Gasteiger partial charge in [-0.05, 0) is 18.2 Å². The molecule has 0 radical (unpaired) electrons. The van der Waals surface area contributed by atoms with Crippen molar-refractivity contribution in [2.75, 3.05) is 12.3 Å². The summed E-state index contributed by atoms with van der Waals surface area (Å²) in [4.78, 5) is 18.9. The smallest absolute Gasteiger partial charge is 0.258 e. The molecule has 1 aromatic heterocycles. The number of aromatic nitrogens is 2. The summed E-state index contributed by atoms with van der Waals surface area (Å²) in [5.74, 6) is 2.15. The predicted molar refractivity (Wildman–Crippen MR) is 72.6 cm³/mol. The van der Waals surface area contributed by atoms with Gasteiger partial charge in [-0.1, -0.05) is 11.6 Å². The number of nitrogens with one attached hydrogen (secondary N) is 1. The number of thioether (sulfide) groups is 1. The number of hydrogen-bond donors (Lipinski definition) is 2. The van der Waals surface area contributed by atoms with Crippen molar-refractivity contribution < 1.29 is 0 Å². The fraction of sp³-hybridized carbons (Fsp3) is 0.273. The maximum absolute atomic E-state index is 11.8. The summed E-state index contributed by atoms with van der Waals surface area (Å²) in [5, 5.41) is 1.14. The number of rotatable bonds is 4. The van der Waals surface area contributed by atoms with Crippen molar-refractivity contribution in [3.05, 3.63) is 39.4 Å². The largest absolute Gasteiger partial charge is 0.330 e. The molecule has 0 bridgehead atoms. The Bertz CT molecular complexity index is 584. The molecule has 0 saturated carbocycles. The molecule has 90 valence electrons. The third-order valence-corrected chi connectivity index (χ3v) is 3.46. The molecule has 0 fully saturated rings. The molecular formula is C11H12ClN3OS. The molecule has 6 heteroatoms. The molecule has 0 aliphatic heterocycles. The zero-order valence-corrected chi connectivity index (χ0v) is 10.6. The highest BCUT2D eigenvalue weighted by molar-refractivity contribution is 7.98. The molecular weight excluding hydrogens is 258 g/mol. The van der Waals surface area contributed by atoms with Crippen LogP contribution in [-0.2, 0) is 5.75 Å². The Labute approximate surface area is 108 Å². The van der Waals surface area contributed by atoms with Gasteiger partial charge in [0.25, 0.3) is 5.56 Å². The van der Waals surface area contributed by atoms with E-state index in [1.54, 1.807) is 30.0 Å². The lowest BCUT2D eigenvalue weighted by atomic mass is 10.2. The third-order valence-electron chi connectivity index (χ3n) is 2.22. The maximum atomic E-state index is 11.8. The van der Waals surface area contributed by atoms with E-state index in [9.17, 15) is 4.79 Å². The molecule has 0 spiro atoms. The fourth-order valence-electron chi connectivity index (χ4n) is 1.48. The van der Waals surface area contributed by atoms with Crippen molar-refractivity contribution >= 4 is 34.3 Å². The van der Waals surface area contributed by atoms with Gasteiger partial charge < -0.3 is 10.7 Å². The van der Waals surface area contributed by atoms with E-state index >= 15 is 0 Å². The third kappa shape index (κ3) is 3.00. The number of aromatic amines is 1. The van der Waals surface area contributed by atoms with E-state index in [1.807, 2.05) is 0 Å². The number of nitrogens with two attached hydrogens (primary N) is 1. The minimum Gasteiger partial charge on any atom is -0.330 e. The van der Waals surface area contributed by atoms with E-state index < -0.39 is 0 Å². The fourth-order valence-corrected chi connectivity index (χ4v) is 2.29. The van der Waals surface area contributed by atoms with Crippen molar-refractivity contribution in [2.24, 2.45) is 5.73 Å². The van der Waals surface area contributed by atoms with Gasteiger partial charge in [-0.25, -0.2) is 4.98 Å². The van der Waals surface area contributed by atoms with Crippen LogP contribution in [0, 0.1) is 0 Å². The van der Waals surface area contributed by atoms with Gasteiger partial charge in [-0.2, -0.15) is 11.8 Å². The van der Waals surface area contributed by atoms with E-state index in [0.717, 1.165) is 5.75 Å². The molecule has 1 aromatic carbocycles. The number of halogens is 1. The summed E-state index contributed by atoms with van der Waals surface area (Å²) >= 11 is 7.51. The van der Waals surface area contributed by atoms with Crippen LogP contribution in [0.15, 0.2) is 23.0 Å². The molecule has 4 nitrogen and oxygen atoms in total. The zero-order chi connectivity index (χ0) is 12.3. The van der Waals surface area contributed by atoms with Crippen LogP contribution in [-0.4, -0.2) is 22.3 Å². The van der Waals surface area contributed by atoms with Crippen molar-refractivity contribution in [1.82, 2.24) is 9.97 Å². The summed E-state index contributed by atoms with van der Waals surface area (Å²) in [6.45, 7) is 0.619. The first-order valence-corrected chi connectivity index (χ1v) is 6.70. The van der Waals surface area contributed by atoms with Crippen molar-refractivity contribution in [1.29, 1.82) is 0 Å². The molecule has 2 aromatic rings. The number of H-pyrrole nitrogens is 1. The van der Waals surface area contributed by atoms with Gasteiger partial charge in [0.15, 0.2) is 0 Å². The van der Waals surface area contributed by atoms with Crippen molar-refractivity contribution in [3.8, 4) is 0 Å². The summed E-state index contributed by atoms with van der Waals surface area (Å²) < 4.78 is 0. The molecule has 3 N–H and O–H groups in total. The van der Waals surface area contributed by atoms with Gasteiger partial charge in [0.2, 0.25) is 0 Å². The average Bonchev–Trinajstić information content (AvgIpc) is 2.28. The molecule has 0 atom stereocenters. The number of hydrogen-bond acceptors (Lipinski definition) is 4. The molecule has 2 rings (SSSR count). The summed E-state index contributed by atoms with van der Waals surface area (Å²) in [6, 6.07) is 5.06. The summed E-state index contributed by atoms with van der Waals surface area (Å²) in [6.07, 6.45) is 0. The van der Waals surface area contributed by atoms with Crippen LogP contribution in [0.2, 0.25) is 5.02 Å². The normalized spacial score (nSPS) is 10.9. The van der Waals surface area contributed by atoms with Crippen LogP contribution in [0.5, 0.6) is 0 Å². The second-order valence-electron chi connectivity index (χ2n) is 3.52. The Kier molecular flexibility index (Phi) is 4.04. The maximum Gasteiger partial charge on any atom is 0.258 e. The second kappa shape index (κ2) is 5.53. The van der Waals surface area contributed by atoms with Crippen LogP contribution < -0.4 is 11.3 Å². The highest BCUT2D eigenvalue weighted by atomic mass is 35.5. The molecule has 0 aliphatic carbocycles. The average molecular weight is 270 g/mol. The van der Waals surface area contributed by atoms with Crippen molar-refractivity contribution in [3.63, 3.8) is 0 Å². The van der Waals surface area contributed by atoms with Gasteiger partial charge >= 0.3 is 0 Å². The highest BCUT2D eigenvalue weighted by Crippen LogP contribution is 2.15. The monoisotopic (exact) mass is 269 g/mol. The van der Waals surface area contributed by atoms with E-state index in [0.29, 0.717) is 34.0 Å². The first-order valence-electron chi connectivity index (χ1n) is 5.17. The number of benzene rings is 1. The standard InChI is InChI=1S/C11H12ClN3OS/c12-7-1-2-8-9(5-7)14-10(15-11(8)16)6-17-4-3-13/h1-2,5H,3-4,6,13H2,(H,14,15,16). The zero-order valence-electron chi connectivity index (χ0n) is 9.07. The van der Waals surface area contributed by atoms with Crippen molar-refractivity contribution in [2.45, 2.75) is 5.75 Å². The second-order valence-corrected chi connectivity index (χ2v) is 5.06. The van der Waals surface area contributed by atoms with Gasteiger partial charge in [0.05, 0.1) is 16.7 Å². The van der Waals surface area contributed by atoms with Gasteiger partial charge in [-0.3, -0.25) is 4.79 Å². The van der Waals surface area contributed by atoms with Crippen LogP contribution >= 0.6 is 23.4 Å². The lowest BCUT2D eigenvalue weighted by Crippen LogP contribution is -2.11. The van der Waals surface area contributed by atoms with Gasteiger partial charge in [0, 0.05) is 17.3 Å². The number of nitrogens with zero attached hydrogens (tertiary/aromatic N) is 1. The van der Waals surface area contributed by atoms with Crippen LogP contribution in [0.3, 0.4) is 0 Å². The van der Waals surface area contributed by atoms with E-state index in [4.69, 9.17) is 17.3 Å². The molecule has 1 heterocycles. The van der Waals surface area contributed by atoms with Crippen LogP contribution in [0.1, 0.15) is 5.82 Å². The molecule has 0 aliphatic rings. The Morgan fingerprint density at radius 2 is 2.29 bits per heavy atom. The molecule has 0 amide bonds.